The standard InChI is InChI=1S/C14H12OS/c1-10-6-2-3-7-11(10)14-15-12-8-4-5-9-13(12)16-14/h2-9,14H,1H3. The maximum atomic E-state index is 5.94. The minimum atomic E-state index is 0.110. The summed E-state index contributed by atoms with van der Waals surface area (Å²) in [7, 11) is 0. The lowest BCUT2D eigenvalue weighted by atomic mass is 10.1. The maximum Gasteiger partial charge on any atom is 0.174 e. The minimum Gasteiger partial charge on any atom is -0.473 e. The summed E-state index contributed by atoms with van der Waals surface area (Å²) in [5.41, 5.74) is 2.66. The highest BCUT2D eigenvalue weighted by Gasteiger charge is 2.25. The summed E-state index contributed by atoms with van der Waals surface area (Å²) in [5.74, 6) is 1.00. The van der Waals surface area contributed by atoms with E-state index < -0.39 is 0 Å². The molecule has 0 saturated carbocycles. The van der Waals surface area contributed by atoms with Crippen LogP contribution in [0.1, 0.15) is 16.6 Å². The fourth-order valence-corrected chi connectivity index (χ4v) is 3.04. The van der Waals surface area contributed by atoms with Crippen LogP contribution in [-0.2, 0) is 0 Å². The Morgan fingerprint density at radius 2 is 1.75 bits per heavy atom. The largest absolute Gasteiger partial charge is 0.473 e. The average molecular weight is 228 g/mol. The first kappa shape index (κ1) is 9.79. The van der Waals surface area contributed by atoms with Crippen LogP contribution in [0.25, 0.3) is 0 Å². The van der Waals surface area contributed by atoms with Gasteiger partial charge < -0.3 is 4.74 Å². The maximum absolute atomic E-state index is 5.94. The van der Waals surface area contributed by atoms with E-state index in [2.05, 4.69) is 43.3 Å². The van der Waals surface area contributed by atoms with Crippen LogP contribution in [0.2, 0.25) is 0 Å². The van der Waals surface area contributed by atoms with Crippen molar-refractivity contribution in [3.8, 4) is 5.75 Å². The molecule has 1 aliphatic rings. The molecule has 1 atom stereocenters. The van der Waals surface area contributed by atoms with Gasteiger partial charge in [0.1, 0.15) is 5.75 Å². The predicted molar refractivity (Wildman–Crippen MR) is 66.8 cm³/mol. The molecule has 2 heteroatoms. The van der Waals surface area contributed by atoms with Crippen LogP contribution in [-0.4, -0.2) is 0 Å². The van der Waals surface area contributed by atoms with Gasteiger partial charge in [-0.05, 0) is 24.6 Å². The minimum absolute atomic E-state index is 0.110. The van der Waals surface area contributed by atoms with Gasteiger partial charge in [0.25, 0.3) is 0 Å². The predicted octanol–water partition coefficient (Wildman–Crippen LogP) is 4.18. The number of hydrogen-bond acceptors (Lipinski definition) is 2. The van der Waals surface area contributed by atoms with Gasteiger partial charge in [0.2, 0.25) is 0 Å². The summed E-state index contributed by atoms with van der Waals surface area (Å²) in [6.45, 7) is 2.13. The molecule has 1 nitrogen and oxygen atoms in total. The lowest BCUT2D eigenvalue weighted by Gasteiger charge is -2.12. The van der Waals surface area contributed by atoms with E-state index in [1.54, 1.807) is 11.8 Å². The second kappa shape index (κ2) is 3.87. The van der Waals surface area contributed by atoms with Crippen LogP contribution < -0.4 is 4.74 Å². The molecule has 1 unspecified atom stereocenters. The van der Waals surface area contributed by atoms with E-state index in [1.165, 1.54) is 16.0 Å². The molecule has 1 heterocycles. The Balaban J connectivity index is 1.95. The zero-order chi connectivity index (χ0) is 11.0. The zero-order valence-corrected chi connectivity index (χ0v) is 9.83. The number of fused-ring (bicyclic) bond motifs is 1. The summed E-state index contributed by atoms with van der Waals surface area (Å²) < 4.78 is 5.94. The average Bonchev–Trinajstić information content (AvgIpc) is 2.73. The molecule has 2 aromatic carbocycles. The number of para-hydroxylation sites is 1. The summed E-state index contributed by atoms with van der Waals surface area (Å²) in [4.78, 5) is 1.23. The molecule has 2 aromatic rings. The Kier molecular flexibility index (Phi) is 2.37. The van der Waals surface area contributed by atoms with Crippen LogP contribution in [0.4, 0.5) is 0 Å². The van der Waals surface area contributed by atoms with E-state index in [9.17, 15) is 0 Å². The Hall–Kier alpha value is -1.41. The van der Waals surface area contributed by atoms with Crippen molar-refractivity contribution < 1.29 is 4.74 Å². The van der Waals surface area contributed by atoms with Gasteiger partial charge >= 0.3 is 0 Å². The number of benzene rings is 2. The van der Waals surface area contributed by atoms with E-state index in [0.29, 0.717) is 0 Å². The molecule has 0 radical (unpaired) electrons. The lowest BCUT2D eigenvalue weighted by Crippen LogP contribution is -1.99. The van der Waals surface area contributed by atoms with Crippen LogP contribution in [0.3, 0.4) is 0 Å². The normalized spacial score (nSPS) is 17.9. The molecule has 0 N–H and O–H groups in total. The molecule has 0 aliphatic carbocycles. The van der Waals surface area contributed by atoms with Gasteiger partial charge in [-0.15, -0.1) is 0 Å². The van der Waals surface area contributed by atoms with Crippen molar-refractivity contribution in [2.24, 2.45) is 0 Å². The van der Waals surface area contributed by atoms with Crippen LogP contribution in [0.15, 0.2) is 53.4 Å². The second-order valence-corrected chi connectivity index (χ2v) is 4.97. The van der Waals surface area contributed by atoms with Crippen molar-refractivity contribution >= 4 is 11.8 Å². The molecular formula is C14H12OS. The lowest BCUT2D eigenvalue weighted by molar-refractivity contribution is 0.301. The summed E-state index contributed by atoms with van der Waals surface area (Å²) in [5, 5.41) is 0. The Morgan fingerprint density at radius 3 is 2.56 bits per heavy atom. The summed E-state index contributed by atoms with van der Waals surface area (Å²) in [6.07, 6.45) is 0. The molecule has 80 valence electrons. The van der Waals surface area contributed by atoms with Crippen molar-refractivity contribution in [1.29, 1.82) is 0 Å². The second-order valence-electron chi connectivity index (χ2n) is 3.87. The number of thioether (sulfide) groups is 1. The van der Waals surface area contributed by atoms with Crippen LogP contribution in [0.5, 0.6) is 5.75 Å². The fourth-order valence-electron chi connectivity index (χ4n) is 1.88. The topological polar surface area (TPSA) is 9.23 Å². The first-order valence-electron chi connectivity index (χ1n) is 5.32. The Labute approximate surface area is 99.4 Å². The molecule has 0 amide bonds. The molecule has 1 aliphatic heterocycles. The van der Waals surface area contributed by atoms with Gasteiger partial charge in [0.15, 0.2) is 5.44 Å². The molecule has 0 fully saturated rings. The zero-order valence-electron chi connectivity index (χ0n) is 9.01. The monoisotopic (exact) mass is 228 g/mol. The van der Waals surface area contributed by atoms with E-state index in [4.69, 9.17) is 4.74 Å². The van der Waals surface area contributed by atoms with E-state index in [1.807, 2.05) is 12.1 Å². The number of aryl methyl sites for hydroxylation is 1. The quantitative estimate of drug-likeness (QED) is 0.724. The van der Waals surface area contributed by atoms with Gasteiger partial charge in [-0.3, -0.25) is 0 Å². The third kappa shape index (κ3) is 1.59. The van der Waals surface area contributed by atoms with Crippen molar-refractivity contribution in [2.75, 3.05) is 0 Å². The number of ether oxygens (including phenoxy) is 1. The Morgan fingerprint density at radius 1 is 1.00 bits per heavy atom. The van der Waals surface area contributed by atoms with Crippen molar-refractivity contribution in [3.05, 3.63) is 59.7 Å². The molecule has 16 heavy (non-hydrogen) atoms. The molecular weight excluding hydrogens is 216 g/mol. The summed E-state index contributed by atoms with van der Waals surface area (Å²) in [6, 6.07) is 16.6. The number of rotatable bonds is 1. The van der Waals surface area contributed by atoms with Crippen molar-refractivity contribution in [1.82, 2.24) is 0 Å². The molecule has 0 spiro atoms. The van der Waals surface area contributed by atoms with E-state index in [0.717, 1.165) is 5.75 Å². The molecule has 0 bridgehead atoms. The van der Waals surface area contributed by atoms with Crippen LogP contribution >= 0.6 is 11.8 Å². The SMILES string of the molecule is Cc1ccccc1C1Oc2ccccc2S1. The Bertz CT molecular complexity index is 497. The molecule has 3 rings (SSSR count). The highest BCUT2D eigenvalue weighted by atomic mass is 32.2. The van der Waals surface area contributed by atoms with E-state index in [-0.39, 0.29) is 5.44 Å². The van der Waals surface area contributed by atoms with Gasteiger partial charge in [-0.25, -0.2) is 0 Å². The summed E-state index contributed by atoms with van der Waals surface area (Å²) >= 11 is 1.78. The highest BCUT2D eigenvalue weighted by Crippen LogP contribution is 2.48. The fraction of sp³-hybridized carbons (Fsp3) is 0.143. The van der Waals surface area contributed by atoms with Gasteiger partial charge in [0, 0.05) is 5.56 Å². The smallest absolute Gasteiger partial charge is 0.174 e. The first-order valence-corrected chi connectivity index (χ1v) is 6.20. The third-order valence-corrected chi connectivity index (χ3v) is 3.92. The van der Waals surface area contributed by atoms with Gasteiger partial charge in [-0.2, -0.15) is 0 Å². The first-order chi connectivity index (χ1) is 7.84. The van der Waals surface area contributed by atoms with Crippen molar-refractivity contribution in [2.45, 2.75) is 17.3 Å². The van der Waals surface area contributed by atoms with Gasteiger partial charge in [-0.1, -0.05) is 48.2 Å². The molecule has 0 saturated heterocycles. The van der Waals surface area contributed by atoms with Gasteiger partial charge in [0.05, 0.1) is 4.90 Å². The van der Waals surface area contributed by atoms with Crippen molar-refractivity contribution in [3.63, 3.8) is 0 Å². The molecule has 0 aromatic heterocycles. The van der Waals surface area contributed by atoms with E-state index >= 15 is 0 Å². The third-order valence-electron chi connectivity index (χ3n) is 2.76. The number of hydrogen-bond donors (Lipinski definition) is 0. The highest BCUT2D eigenvalue weighted by molar-refractivity contribution is 7.99. The van der Waals surface area contributed by atoms with Crippen LogP contribution in [0, 0.1) is 6.92 Å².